The first-order valence-electron chi connectivity index (χ1n) is 5.75. The first-order chi connectivity index (χ1) is 8.33. The molecule has 0 N–H and O–H groups in total. The number of nitrogens with zero attached hydrogens (tertiary/aromatic N) is 1. The molecule has 0 aliphatic heterocycles. The lowest BCUT2D eigenvalue weighted by Crippen LogP contribution is -1.93. The van der Waals surface area contributed by atoms with Crippen LogP contribution in [-0.2, 0) is 0 Å². The van der Waals surface area contributed by atoms with E-state index >= 15 is 0 Å². The highest BCUT2D eigenvalue weighted by molar-refractivity contribution is 9.11. The van der Waals surface area contributed by atoms with E-state index < -0.39 is 0 Å². The van der Waals surface area contributed by atoms with Crippen LogP contribution in [0.2, 0.25) is 0 Å². The maximum Gasteiger partial charge on any atom is 0.0709 e. The summed E-state index contributed by atoms with van der Waals surface area (Å²) in [6, 6.07) is 12.5. The average Bonchev–Trinajstić information content (AvgIpc) is 2.38. The summed E-state index contributed by atoms with van der Waals surface area (Å²) in [6.07, 6.45) is 6.52. The largest absolute Gasteiger partial charge is 0.248 e. The molecule has 0 radical (unpaired) electrons. The molecular formula is C15H12BrN. The predicted octanol–water partition coefficient (Wildman–Crippen LogP) is 4.69. The first-order valence-corrected chi connectivity index (χ1v) is 6.55. The summed E-state index contributed by atoms with van der Waals surface area (Å²) in [5.74, 6) is 0. The van der Waals surface area contributed by atoms with E-state index in [1.165, 1.54) is 11.0 Å². The van der Waals surface area contributed by atoms with Crippen LogP contribution in [0.25, 0.3) is 16.5 Å². The Morgan fingerprint density at radius 1 is 1.06 bits per heavy atom. The van der Waals surface area contributed by atoms with Gasteiger partial charge in [0.15, 0.2) is 0 Å². The Bertz CT molecular complexity index is 626. The van der Waals surface area contributed by atoms with Crippen LogP contribution in [0.5, 0.6) is 0 Å². The first kappa shape index (κ1) is 10.7. The molecule has 2 heteroatoms. The molecule has 1 heterocycles. The maximum atomic E-state index is 4.72. The van der Waals surface area contributed by atoms with Crippen molar-refractivity contribution in [3.05, 3.63) is 58.7 Å². The Labute approximate surface area is 109 Å². The Kier molecular flexibility index (Phi) is 2.81. The summed E-state index contributed by atoms with van der Waals surface area (Å²) in [5.41, 5.74) is 3.47. The molecule has 0 saturated heterocycles. The number of hydrogen-bond acceptors (Lipinski definition) is 1. The van der Waals surface area contributed by atoms with Gasteiger partial charge in [-0.1, -0.05) is 46.3 Å². The summed E-state index contributed by atoms with van der Waals surface area (Å²) >= 11 is 3.53. The van der Waals surface area contributed by atoms with Crippen LogP contribution in [0.4, 0.5) is 0 Å². The lowest BCUT2D eigenvalue weighted by Gasteiger charge is -2.11. The van der Waals surface area contributed by atoms with Gasteiger partial charge in [0.05, 0.1) is 11.2 Å². The minimum Gasteiger partial charge on any atom is -0.248 e. The summed E-state index contributed by atoms with van der Waals surface area (Å²) < 4.78 is 1.16. The van der Waals surface area contributed by atoms with Crippen molar-refractivity contribution in [3.8, 4) is 0 Å². The van der Waals surface area contributed by atoms with E-state index in [0.29, 0.717) is 0 Å². The Hall–Kier alpha value is -1.41. The van der Waals surface area contributed by atoms with Gasteiger partial charge in [-0.15, -0.1) is 0 Å². The minimum atomic E-state index is 1.07. The Morgan fingerprint density at radius 2 is 1.94 bits per heavy atom. The van der Waals surface area contributed by atoms with Gasteiger partial charge >= 0.3 is 0 Å². The van der Waals surface area contributed by atoms with Crippen molar-refractivity contribution in [3.63, 3.8) is 0 Å². The predicted molar refractivity (Wildman–Crippen MR) is 76.0 cm³/mol. The zero-order valence-electron chi connectivity index (χ0n) is 9.36. The van der Waals surface area contributed by atoms with Crippen molar-refractivity contribution in [2.75, 3.05) is 0 Å². The fourth-order valence-electron chi connectivity index (χ4n) is 2.11. The molecule has 0 spiro atoms. The number of hydrogen-bond donors (Lipinski definition) is 0. The number of benzene rings is 1. The van der Waals surface area contributed by atoms with Crippen LogP contribution in [0.3, 0.4) is 0 Å². The highest BCUT2D eigenvalue weighted by Crippen LogP contribution is 2.28. The molecule has 1 aliphatic carbocycles. The number of aromatic nitrogens is 1. The third kappa shape index (κ3) is 2.18. The van der Waals surface area contributed by atoms with Gasteiger partial charge in [0.1, 0.15) is 0 Å². The van der Waals surface area contributed by atoms with Crippen LogP contribution in [0.1, 0.15) is 18.5 Å². The van der Waals surface area contributed by atoms with Gasteiger partial charge in [0, 0.05) is 9.87 Å². The van der Waals surface area contributed by atoms with Crippen molar-refractivity contribution in [2.24, 2.45) is 0 Å². The van der Waals surface area contributed by atoms with E-state index in [1.807, 2.05) is 12.1 Å². The number of rotatable bonds is 1. The molecule has 84 valence electrons. The Balaban J connectivity index is 2.09. The second-order valence-electron chi connectivity index (χ2n) is 4.19. The van der Waals surface area contributed by atoms with Crippen LogP contribution in [0.15, 0.2) is 53.0 Å². The zero-order valence-corrected chi connectivity index (χ0v) is 10.9. The normalized spacial score (nSPS) is 15.6. The minimum absolute atomic E-state index is 1.07. The fraction of sp³-hybridized carbons (Fsp3) is 0.133. The molecule has 0 bridgehead atoms. The molecule has 17 heavy (non-hydrogen) atoms. The number of halogens is 1. The molecule has 0 fully saturated rings. The molecule has 2 aromatic rings. The van der Waals surface area contributed by atoms with Crippen LogP contribution >= 0.6 is 15.9 Å². The zero-order chi connectivity index (χ0) is 11.7. The third-order valence-electron chi connectivity index (χ3n) is 2.99. The van der Waals surface area contributed by atoms with E-state index in [-0.39, 0.29) is 0 Å². The number of pyridine rings is 1. The molecule has 1 aromatic heterocycles. The second-order valence-corrected chi connectivity index (χ2v) is 5.10. The van der Waals surface area contributed by atoms with Gasteiger partial charge < -0.3 is 0 Å². The van der Waals surface area contributed by atoms with Gasteiger partial charge in [0.2, 0.25) is 0 Å². The van der Waals surface area contributed by atoms with Gasteiger partial charge in [-0.3, -0.25) is 0 Å². The smallest absolute Gasteiger partial charge is 0.0709 e. The van der Waals surface area contributed by atoms with Crippen molar-refractivity contribution < 1.29 is 0 Å². The lowest BCUT2D eigenvalue weighted by molar-refractivity contribution is 1.04. The van der Waals surface area contributed by atoms with Crippen LogP contribution in [0, 0.1) is 0 Å². The molecular weight excluding hydrogens is 274 g/mol. The van der Waals surface area contributed by atoms with Gasteiger partial charge in [0.25, 0.3) is 0 Å². The van der Waals surface area contributed by atoms with E-state index in [1.54, 1.807) is 0 Å². The summed E-state index contributed by atoms with van der Waals surface area (Å²) in [7, 11) is 0. The molecule has 0 amide bonds. The number of para-hydroxylation sites is 1. The van der Waals surface area contributed by atoms with Gasteiger partial charge in [-0.25, -0.2) is 4.98 Å². The highest BCUT2D eigenvalue weighted by Gasteiger charge is 2.08. The SMILES string of the molecule is BrC1=CCCC(c2ccc3ccccc3n2)=C1. The fourth-order valence-corrected chi connectivity index (χ4v) is 2.62. The summed E-state index contributed by atoms with van der Waals surface area (Å²) in [5, 5.41) is 1.20. The van der Waals surface area contributed by atoms with E-state index in [9.17, 15) is 0 Å². The van der Waals surface area contributed by atoms with Crippen molar-refractivity contribution in [1.82, 2.24) is 4.98 Å². The highest BCUT2D eigenvalue weighted by atomic mass is 79.9. The number of allylic oxidation sites excluding steroid dienone is 4. The van der Waals surface area contributed by atoms with Crippen molar-refractivity contribution >= 4 is 32.4 Å². The summed E-state index contributed by atoms with van der Waals surface area (Å²) in [6.45, 7) is 0. The maximum absolute atomic E-state index is 4.72. The van der Waals surface area contributed by atoms with Crippen molar-refractivity contribution in [2.45, 2.75) is 12.8 Å². The monoisotopic (exact) mass is 285 g/mol. The third-order valence-corrected chi connectivity index (χ3v) is 3.55. The quantitative estimate of drug-likeness (QED) is 0.741. The van der Waals surface area contributed by atoms with Crippen LogP contribution < -0.4 is 0 Å². The second kappa shape index (κ2) is 4.46. The molecule has 1 aromatic carbocycles. The van der Waals surface area contributed by atoms with Gasteiger partial charge in [-0.05, 0) is 36.6 Å². The molecule has 1 nitrogen and oxygen atoms in total. The number of fused-ring (bicyclic) bond motifs is 1. The molecule has 3 rings (SSSR count). The van der Waals surface area contributed by atoms with E-state index in [0.717, 1.165) is 28.5 Å². The average molecular weight is 286 g/mol. The molecule has 1 aliphatic rings. The van der Waals surface area contributed by atoms with E-state index in [2.05, 4.69) is 52.3 Å². The van der Waals surface area contributed by atoms with Crippen LogP contribution in [-0.4, -0.2) is 4.98 Å². The van der Waals surface area contributed by atoms with Gasteiger partial charge in [-0.2, -0.15) is 0 Å². The molecule has 0 atom stereocenters. The molecule has 0 unspecified atom stereocenters. The van der Waals surface area contributed by atoms with E-state index in [4.69, 9.17) is 4.98 Å². The topological polar surface area (TPSA) is 12.9 Å². The van der Waals surface area contributed by atoms with Crippen molar-refractivity contribution in [1.29, 1.82) is 0 Å². The summed E-state index contributed by atoms with van der Waals surface area (Å²) in [4.78, 5) is 4.72. The molecule has 0 saturated carbocycles. The standard InChI is InChI=1S/C15H12BrN/c16-13-6-3-5-12(10-13)15-9-8-11-4-1-2-7-14(11)17-15/h1-2,4,6-10H,3,5H2. The lowest BCUT2D eigenvalue weighted by atomic mass is 10.0. The Morgan fingerprint density at radius 3 is 2.82 bits per heavy atom.